The summed E-state index contributed by atoms with van der Waals surface area (Å²) in [5, 5.41) is 10.6. The van der Waals surface area contributed by atoms with Gasteiger partial charge in [-0.3, -0.25) is 4.79 Å². The average molecular weight is 193 g/mol. The maximum absolute atomic E-state index is 10.6. The van der Waals surface area contributed by atoms with Crippen LogP contribution in [0.25, 0.3) is 0 Å². The van der Waals surface area contributed by atoms with Crippen LogP contribution in [-0.2, 0) is 16.0 Å². The van der Waals surface area contributed by atoms with E-state index in [0.29, 0.717) is 13.0 Å². The minimum atomic E-state index is -1.45. The van der Waals surface area contributed by atoms with Gasteiger partial charge in [0.2, 0.25) is 0 Å². The van der Waals surface area contributed by atoms with E-state index in [0.717, 1.165) is 5.56 Å². The van der Waals surface area contributed by atoms with Crippen LogP contribution in [0.5, 0.6) is 0 Å². The zero-order valence-corrected chi connectivity index (χ0v) is 7.56. The maximum atomic E-state index is 10.6. The number of amides is 1. The lowest BCUT2D eigenvalue weighted by molar-refractivity contribution is -0.150. The van der Waals surface area contributed by atoms with Crippen molar-refractivity contribution >= 4 is 11.9 Å². The minimum Gasteiger partial charge on any atom is -0.474 e. The summed E-state index contributed by atoms with van der Waals surface area (Å²) in [7, 11) is 0. The molecule has 0 aromatic heterocycles. The first kappa shape index (κ1) is 10.2. The second-order valence-corrected chi connectivity index (χ2v) is 2.80. The fourth-order valence-corrected chi connectivity index (χ4v) is 1.04. The Morgan fingerprint density at radius 3 is 2.43 bits per heavy atom. The van der Waals surface area contributed by atoms with Gasteiger partial charge in [0.05, 0.1) is 0 Å². The summed E-state index contributed by atoms with van der Waals surface area (Å²) in [4.78, 5) is 20.8. The molecule has 1 amide bonds. The Morgan fingerprint density at radius 2 is 1.86 bits per heavy atom. The van der Waals surface area contributed by atoms with Gasteiger partial charge in [-0.1, -0.05) is 30.3 Å². The lowest BCUT2D eigenvalue weighted by Crippen LogP contribution is -2.32. The van der Waals surface area contributed by atoms with Crippen LogP contribution in [0.1, 0.15) is 5.56 Å². The molecule has 2 N–H and O–H groups in total. The van der Waals surface area contributed by atoms with E-state index >= 15 is 0 Å². The van der Waals surface area contributed by atoms with Gasteiger partial charge in [-0.2, -0.15) is 0 Å². The number of carboxylic acids is 1. The Bertz CT molecular complexity index is 321. The largest absolute Gasteiger partial charge is 0.474 e. The molecule has 0 bridgehead atoms. The van der Waals surface area contributed by atoms with Crippen molar-refractivity contribution in [1.82, 2.24) is 5.32 Å². The van der Waals surface area contributed by atoms with Gasteiger partial charge in [-0.05, 0) is 12.0 Å². The lowest BCUT2D eigenvalue weighted by Gasteiger charge is -2.01. The van der Waals surface area contributed by atoms with E-state index in [1.165, 1.54) is 0 Å². The summed E-state index contributed by atoms with van der Waals surface area (Å²) >= 11 is 0. The van der Waals surface area contributed by atoms with Crippen LogP contribution >= 0.6 is 0 Å². The first-order chi connectivity index (χ1) is 6.70. The van der Waals surface area contributed by atoms with Gasteiger partial charge in [0.1, 0.15) is 0 Å². The van der Waals surface area contributed by atoms with Crippen LogP contribution in [0.15, 0.2) is 30.3 Å². The van der Waals surface area contributed by atoms with Crippen molar-refractivity contribution in [3.05, 3.63) is 35.9 Å². The fourth-order valence-electron chi connectivity index (χ4n) is 1.04. The van der Waals surface area contributed by atoms with Crippen LogP contribution in [-0.4, -0.2) is 23.5 Å². The number of rotatable bonds is 3. The van der Waals surface area contributed by atoms with Crippen molar-refractivity contribution in [2.24, 2.45) is 0 Å². The molecule has 0 aliphatic heterocycles. The summed E-state index contributed by atoms with van der Waals surface area (Å²) < 4.78 is 0. The molecule has 0 aliphatic rings. The lowest BCUT2D eigenvalue weighted by atomic mass is 10.1. The Morgan fingerprint density at radius 1 is 1.21 bits per heavy atom. The Balaban J connectivity index is 2.29. The number of hydrogen-bond donors (Lipinski definition) is 2. The molecule has 0 saturated heterocycles. The normalized spacial score (nSPS) is 9.43. The molecule has 0 aliphatic carbocycles. The number of carbonyl (C=O) groups is 2. The summed E-state index contributed by atoms with van der Waals surface area (Å²) in [6, 6.07) is 9.54. The number of carbonyl (C=O) groups excluding carboxylic acids is 1. The second-order valence-electron chi connectivity index (χ2n) is 2.80. The molecule has 14 heavy (non-hydrogen) atoms. The van der Waals surface area contributed by atoms with Crippen LogP contribution in [0.4, 0.5) is 0 Å². The summed E-state index contributed by atoms with van der Waals surface area (Å²) in [5.74, 6) is -2.40. The second kappa shape index (κ2) is 5.01. The van der Waals surface area contributed by atoms with Crippen LogP contribution < -0.4 is 5.32 Å². The zero-order valence-electron chi connectivity index (χ0n) is 7.56. The van der Waals surface area contributed by atoms with Gasteiger partial charge < -0.3 is 10.4 Å². The summed E-state index contributed by atoms with van der Waals surface area (Å²) in [5.41, 5.74) is 1.07. The smallest absolute Gasteiger partial charge is 0.394 e. The third-order valence-corrected chi connectivity index (χ3v) is 1.74. The first-order valence-corrected chi connectivity index (χ1v) is 4.25. The number of benzene rings is 1. The van der Waals surface area contributed by atoms with Gasteiger partial charge in [0.15, 0.2) is 0 Å². The van der Waals surface area contributed by atoms with E-state index < -0.39 is 11.9 Å². The highest BCUT2D eigenvalue weighted by molar-refractivity contribution is 6.31. The SMILES string of the molecule is O=C(O)C(=O)NCCc1ccccc1. The third-order valence-electron chi connectivity index (χ3n) is 1.74. The topological polar surface area (TPSA) is 66.4 Å². The molecule has 4 heteroatoms. The van der Waals surface area contributed by atoms with Crippen molar-refractivity contribution in [1.29, 1.82) is 0 Å². The van der Waals surface area contributed by atoms with Crippen LogP contribution in [0.2, 0.25) is 0 Å². The highest BCUT2D eigenvalue weighted by atomic mass is 16.4. The fraction of sp³-hybridized carbons (Fsp3) is 0.200. The molecule has 0 heterocycles. The monoisotopic (exact) mass is 193 g/mol. The molecule has 0 spiro atoms. The molecule has 1 rings (SSSR count). The Labute approximate surface area is 81.6 Å². The zero-order chi connectivity index (χ0) is 10.4. The van der Waals surface area contributed by atoms with E-state index in [4.69, 9.17) is 5.11 Å². The third kappa shape index (κ3) is 3.26. The van der Waals surface area contributed by atoms with Gasteiger partial charge in [-0.15, -0.1) is 0 Å². The summed E-state index contributed by atoms with van der Waals surface area (Å²) in [6.45, 7) is 0.342. The minimum absolute atomic E-state index is 0.342. The van der Waals surface area contributed by atoms with Crippen molar-refractivity contribution in [2.45, 2.75) is 6.42 Å². The molecule has 0 unspecified atom stereocenters. The van der Waals surface area contributed by atoms with E-state index in [1.807, 2.05) is 30.3 Å². The van der Waals surface area contributed by atoms with Gasteiger partial charge in [0.25, 0.3) is 0 Å². The van der Waals surface area contributed by atoms with E-state index in [2.05, 4.69) is 5.32 Å². The number of aliphatic carboxylic acids is 1. The molecule has 74 valence electrons. The maximum Gasteiger partial charge on any atom is 0.394 e. The Kier molecular flexibility index (Phi) is 3.67. The molecule has 0 radical (unpaired) electrons. The van der Waals surface area contributed by atoms with E-state index in [-0.39, 0.29) is 0 Å². The van der Waals surface area contributed by atoms with Gasteiger partial charge in [0, 0.05) is 6.54 Å². The molecule has 4 nitrogen and oxygen atoms in total. The van der Waals surface area contributed by atoms with Crippen molar-refractivity contribution in [3.8, 4) is 0 Å². The molecular weight excluding hydrogens is 182 g/mol. The van der Waals surface area contributed by atoms with Crippen LogP contribution in [0.3, 0.4) is 0 Å². The van der Waals surface area contributed by atoms with Gasteiger partial charge >= 0.3 is 11.9 Å². The molecule has 1 aromatic rings. The van der Waals surface area contributed by atoms with E-state index in [9.17, 15) is 9.59 Å². The number of nitrogens with one attached hydrogen (secondary N) is 1. The average Bonchev–Trinajstić information content (AvgIpc) is 2.19. The standard InChI is InChI=1S/C10H11NO3/c12-9(10(13)14)11-7-6-8-4-2-1-3-5-8/h1-5H,6-7H2,(H,11,12)(H,13,14). The predicted octanol–water partition coefficient (Wildman–Crippen LogP) is 0.430. The highest BCUT2D eigenvalue weighted by Crippen LogP contribution is 1.97. The molecule has 0 atom stereocenters. The molecule has 0 saturated carbocycles. The number of carboxylic acid groups (broad SMARTS) is 1. The van der Waals surface area contributed by atoms with Crippen LogP contribution in [0, 0.1) is 0 Å². The van der Waals surface area contributed by atoms with Gasteiger partial charge in [-0.25, -0.2) is 4.79 Å². The highest BCUT2D eigenvalue weighted by Gasteiger charge is 2.08. The first-order valence-electron chi connectivity index (χ1n) is 4.25. The van der Waals surface area contributed by atoms with Crippen molar-refractivity contribution in [3.63, 3.8) is 0 Å². The van der Waals surface area contributed by atoms with E-state index in [1.54, 1.807) is 0 Å². The Hall–Kier alpha value is -1.84. The number of hydrogen-bond acceptors (Lipinski definition) is 2. The van der Waals surface area contributed by atoms with Crippen molar-refractivity contribution < 1.29 is 14.7 Å². The summed E-state index contributed by atoms with van der Waals surface area (Å²) in [6.07, 6.45) is 0.639. The molecule has 1 aromatic carbocycles. The van der Waals surface area contributed by atoms with Crippen molar-refractivity contribution in [2.75, 3.05) is 6.54 Å². The molecule has 0 fully saturated rings. The predicted molar refractivity (Wildman–Crippen MR) is 50.8 cm³/mol. The quantitative estimate of drug-likeness (QED) is 0.684. The molecular formula is C10H11NO3.